The molecule has 1 aromatic heterocycles. The van der Waals surface area contributed by atoms with Gasteiger partial charge in [-0.05, 0) is 68.4 Å². The molecule has 3 fully saturated rings. The van der Waals surface area contributed by atoms with Crippen molar-refractivity contribution in [3.8, 4) is 5.75 Å². The van der Waals surface area contributed by atoms with Crippen LogP contribution in [0.1, 0.15) is 103 Å². The van der Waals surface area contributed by atoms with Gasteiger partial charge in [0.15, 0.2) is 0 Å². The Morgan fingerprint density at radius 2 is 1.63 bits per heavy atom. The number of aromatic nitrogens is 3. The summed E-state index contributed by atoms with van der Waals surface area (Å²) in [6.07, 6.45) is -1.23. The van der Waals surface area contributed by atoms with Gasteiger partial charge < -0.3 is 60.6 Å². The van der Waals surface area contributed by atoms with Crippen LogP contribution in [0.25, 0.3) is 0 Å². The van der Waals surface area contributed by atoms with Gasteiger partial charge >= 0.3 is 12.1 Å². The second-order valence-corrected chi connectivity index (χ2v) is 17.4. The number of phenolic OH excluding ortho intramolecular Hbond substituents is 1. The van der Waals surface area contributed by atoms with Crippen LogP contribution in [0, 0.1) is 13.8 Å². The van der Waals surface area contributed by atoms with E-state index >= 15 is 0 Å². The number of hydrogen-bond acceptors (Lipinski definition) is 14. The fourth-order valence-electron chi connectivity index (χ4n) is 8.78. The van der Waals surface area contributed by atoms with Crippen molar-refractivity contribution in [2.24, 2.45) is 0 Å². The summed E-state index contributed by atoms with van der Waals surface area (Å²) >= 11 is 0. The molecule has 2 aliphatic carbocycles. The van der Waals surface area contributed by atoms with Gasteiger partial charge in [0.25, 0.3) is 11.7 Å². The normalized spacial score (nSPS) is 24.6. The van der Waals surface area contributed by atoms with Crippen LogP contribution in [-0.2, 0) is 41.7 Å². The first-order chi connectivity index (χ1) is 31.0. The second-order valence-electron chi connectivity index (χ2n) is 17.4. The fraction of sp³-hybridized carbons (Fsp3) is 0.578. The highest BCUT2D eigenvalue weighted by molar-refractivity contribution is 5.95. The number of hydrogen-bond donors (Lipinski definition) is 8. The van der Waals surface area contributed by atoms with Crippen molar-refractivity contribution in [1.82, 2.24) is 35.8 Å². The van der Waals surface area contributed by atoms with E-state index in [1.807, 2.05) is 6.07 Å². The molecule has 1 aliphatic heterocycles. The lowest BCUT2D eigenvalue weighted by Gasteiger charge is -2.48. The highest BCUT2D eigenvalue weighted by atomic mass is 16.7. The van der Waals surface area contributed by atoms with Gasteiger partial charge in [-0.3, -0.25) is 14.4 Å². The lowest BCUT2D eigenvalue weighted by atomic mass is 9.87. The van der Waals surface area contributed by atoms with Crippen molar-refractivity contribution in [1.29, 1.82) is 0 Å². The number of ether oxygens (including phenoxy) is 3. The summed E-state index contributed by atoms with van der Waals surface area (Å²) in [6, 6.07) is 9.62. The van der Waals surface area contributed by atoms with Crippen molar-refractivity contribution >= 4 is 29.8 Å². The molecule has 20 nitrogen and oxygen atoms in total. The maximum atomic E-state index is 13.6. The second kappa shape index (κ2) is 22.0. The first-order valence-electron chi connectivity index (χ1n) is 22.2. The molecule has 2 aromatic carbocycles. The molecule has 3 aromatic rings. The molecule has 0 spiro atoms. The molecule has 6 rings (SSSR count). The van der Waals surface area contributed by atoms with E-state index < -0.39 is 91.1 Å². The molecule has 4 amide bonds. The van der Waals surface area contributed by atoms with Crippen LogP contribution in [0.5, 0.6) is 5.75 Å². The van der Waals surface area contributed by atoms with Crippen LogP contribution >= 0.6 is 0 Å². The predicted molar refractivity (Wildman–Crippen MR) is 230 cm³/mol. The number of aliphatic carboxylic acids is 1. The van der Waals surface area contributed by atoms with Gasteiger partial charge in [0, 0.05) is 37.7 Å². The van der Waals surface area contributed by atoms with Gasteiger partial charge in [0.2, 0.25) is 11.8 Å². The molecule has 1 saturated heterocycles. The minimum atomic E-state index is -2.67. The Morgan fingerprint density at radius 1 is 0.954 bits per heavy atom. The molecule has 3 aliphatic rings. The van der Waals surface area contributed by atoms with Crippen molar-refractivity contribution < 1.29 is 63.7 Å². The number of amides is 4. The molecule has 0 radical (unpaired) electrons. The van der Waals surface area contributed by atoms with Gasteiger partial charge in [-0.25, -0.2) is 14.3 Å². The van der Waals surface area contributed by atoms with Crippen molar-refractivity contribution in [3.05, 3.63) is 76.6 Å². The van der Waals surface area contributed by atoms with E-state index in [1.165, 1.54) is 23.9 Å². The van der Waals surface area contributed by atoms with Crippen molar-refractivity contribution in [3.63, 3.8) is 0 Å². The number of aliphatic hydroxyl groups excluding tert-OH is 3. The zero-order valence-electron chi connectivity index (χ0n) is 36.9. The molecule has 20 heteroatoms. The van der Waals surface area contributed by atoms with E-state index in [9.17, 15) is 49.5 Å². The van der Waals surface area contributed by atoms with E-state index in [0.29, 0.717) is 30.4 Å². The van der Waals surface area contributed by atoms with Crippen LogP contribution in [0.2, 0.25) is 0 Å². The summed E-state index contributed by atoms with van der Waals surface area (Å²) in [4.78, 5) is 67.0. The Hall–Kier alpha value is -5.67. The smallest absolute Gasteiger partial charge is 0.410 e. The quantitative estimate of drug-likeness (QED) is 0.0961. The van der Waals surface area contributed by atoms with Crippen LogP contribution in [0.15, 0.2) is 48.7 Å². The fourth-order valence-corrected chi connectivity index (χ4v) is 8.78. The number of carboxylic acids is 1. The summed E-state index contributed by atoms with van der Waals surface area (Å²) in [5, 5.41) is 72.0. The van der Waals surface area contributed by atoms with E-state index in [4.69, 9.17) is 14.2 Å². The number of likely N-dealkylation sites (N-methyl/N-ethyl adjacent to an activating group) is 1. The van der Waals surface area contributed by atoms with Crippen molar-refractivity contribution in [2.45, 2.75) is 146 Å². The number of phenols is 1. The molecular formula is C45H61N7O13. The SMILES string of the molecule is Cc1cc(C(=O)NC[C@@H](O)[C@@H](O)[C@@H]2O[C@@](OC3CCCCC3NC(=O)CN(C)C(=O)OCc3ccccc3)(C(=O)O)C[C@H](O)[C@H]2NC(=O)Cn2cc(C3CCCCC3)nn2)cc(C)c1O. The van der Waals surface area contributed by atoms with Gasteiger partial charge in [-0.2, -0.15) is 0 Å². The molecule has 0 bridgehead atoms. The van der Waals surface area contributed by atoms with Gasteiger partial charge in [0.05, 0.1) is 36.1 Å². The third-order valence-electron chi connectivity index (χ3n) is 12.4. The Morgan fingerprint density at radius 3 is 2.32 bits per heavy atom. The molecule has 2 saturated carbocycles. The molecule has 2 unspecified atom stereocenters. The van der Waals surface area contributed by atoms with Gasteiger partial charge in [-0.15, -0.1) is 5.10 Å². The highest BCUT2D eigenvalue weighted by Gasteiger charge is 2.57. The number of rotatable bonds is 17. The third-order valence-corrected chi connectivity index (χ3v) is 12.4. The van der Waals surface area contributed by atoms with Crippen LogP contribution < -0.4 is 16.0 Å². The maximum Gasteiger partial charge on any atom is 0.410 e. The molecule has 65 heavy (non-hydrogen) atoms. The first kappa shape index (κ1) is 48.8. The summed E-state index contributed by atoms with van der Waals surface area (Å²) in [5.74, 6) is -6.04. The molecular weight excluding hydrogens is 847 g/mol. The Kier molecular flexibility index (Phi) is 16.5. The summed E-state index contributed by atoms with van der Waals surface area (Å²) < 4.78 is 19.0. The van der Waals surface area contributed by atoms with E-state index in [2.05, 4.69) is 26.3 Å². The maximum absolute atomic E-state index is 13.6. The number of aromatic hydroxyl groups is 1. The third kappa shape index (κ3) is 12.6. The number of nitrogens with zero attached hydrogens (tertiary/aromatic N) is 4. The number of carboxylic acid groups (broad SMARTS) is 1. The number of aryl methyl sites for hydroxylation is 2. The average molecular weight is 908 g/mol. The monoisotopic (exact) mass is 907 g/mol. The number of carbonyl (C=O) groups is 5. The minimum absolute atomic E-state index is 0.00146. The number of nitrogens with one attached hydrogen (secondary N) is 3. The zero-order chi connectivity index (χ0) is 46.8. The first-order valence-corrected chi connectivity index (χ1v) is 22.2. The molecule has 354 valence electrons. The zero-order valence-corrected chi connectivity index (χ0v) is 36.9. The number of aliphatic hydroxyl groups is 3. The average Bonchev–Trinajstić information content (AvgIpc) is 3.76. The molecule has 8 atom stereocenters. The van der Waals surface area contributed by atoms with Crippen LogP contribution in [0.3, 0.4) is 0 Å². The van der Waals surface area contributed by atoms with Crippen molar-refractivity contribution in [2.75, 3.05) is 20.1 Å². The van der Waals surface area contributed by atoms with Crippen LogP contribution in [0.4, 0.5) is 4.79 Å². The topological polar surface area (TPSA) is 284 Å². The summed E-state index contributed by atoms with van der Waals surface area (Å²) in [6.45, 7) is 1.92. The molecule has 2 heterocycles. The molecule has 8 N–H and O–H groups in total. The Bertz CT molecular complexity index is 2110. The standard InChI is InChI=1S/C45H61N7O13/c1-26-18-30(19-27(2)39(26)57)42(59)46-21-34(54)40(58)41-38(48-37(56)24-52-22-32(49-50-52)29-14-8-5-9-15-29)33(53)20-45(65-41,43(60)61)64-35-17-11-10-16-31(35)47-36(55)23-51(3)44(62)63-25-28-12-6-4-7-13-28/h4,6-7,12-13,18-19,22,29,31,33-35,38,40-41,53-54,57-58H,5,8-11,14-17,20-21,23-25H2,1-3H3,(H,46,59)(H,47,55)(H,48,56)(H,60,61)/t31?,33-,34+,35?,38+,40+,41+,45+/m0/s1. The Balaban J connectivity index is 1.17. The lowest BCUT2D eigenvalue weighted by molar-refractivity contribution is -0.325. The highest BCUT2D eigenvalue weighted by Crippen LogP contribution is 2.37. The van der Waals surface area contributed by atoms with E-state index in [-0.39, 0.29) is 43.3 Å². The van der Waals surface area contributed by atoms with E-state index in [1.54, 1.807) is 44.3 Å². The lowest BCUT2D eigenvalue weighted by Crippen LogP contribution is -2.69. The summed E-state index contributed by atoms with van der Waals surface area (Å²) in [7, 11) is 1.40. The van der Waals surface area contributed by atoms with Gasteiger partial charge in [0.1, 0.15) is 37.7 Å². The van der Waals surface area contributed by atoms with Gasteiger partial charge in [-0.1, -0.05) is 67.6 Å². The van der Waals surface area contributed by atoms with Crippen LogP contribution in [-0.4, -0.2) is 144 Å². The van der Waals surface area contributed by atoms with E-state index in [0.717, 1.165) is 48.3 Å². The predicted octanol–water partition coefficient (Wildman–Crippen LogP) is 1.93. The number of carbonyl (C=O) groups excluding carboxylic acids is 4. The largest absolute Gasteiger partial charge is 0.507 e. The minimum Gasteiger partial charge on any atom is -0.507 e. The summed E-state index contributed by atoms with van der Waals surface area (Å²) in [5.41, 5.74) is 2.55. The number of benzene rings is 2. The Labute approximate surface area is 376 Å².